The maximum absolute atomic E-state index is 13.2. The van der Waals surface area contributed by atoms with E-state index in [0.29, 0.717) is 43.2 Å². The summed E-state index contributed by atoms with van der Waals surface area (Å²) in [4.78, 5) is 32.9. The van der Waals surface area contributed by atoms with Gasteiger partial charge in [-0.2, -0.15) is 0 Å². The minimum atomic E-state index is -0.400. The highest BCUT2D eigenvalue weighted by Gasteiger charge is 2.30. The van der Waals surface area contributed by atoms with Crippen LogP contribution in [0.15, 0.2) is 53.5 Å². The van der Waals surface area contributed by atoms with Crippen LogP contribution in [0.5, 0.6) is 11.5 Å². The number of carbonyl (C=O) groups excluding carboxylic acids is 2. The van der Waals surface area contributed by atoms with Gasteiger partial charge in [-0.1, -0.05) is 56.7 Å². The molecule has 220 valence electrons. The van der Waals surface area contributed by atoms with Gasteiger partial charge in [-0.3, -0.25) is 9.59 Å². The number of hydrogen-bond donors (Lipinski definition) is 3. The molecule has 0 bridgehead atoms. The van der Waals surface area contributed by atoms with Crippen molar-refractivity contribution >= 4 is 23.5 Å². The first-order valence-corrected chi connectivity index (χ1v) is 15.5. The van der Waals surface area contributed by atoms with Gasteiger partial charge in [0.15, 0.2) is 5.96 Å². The van der Waals surface area contributed by atoms with Crippen molar-refractivity contribution in [1.82, 2.24) is 15.5 Å². The van der Waals surface area contributed by atoms with Crippen LogP contribution in [0.3, 0.4) is 0 Å². The normalized spacial score (nSPS) is 18.0. The van der Waals surface area contributed by atoms with Gasteiger partial charge in [-0.15, -0.1) is 0 Å². The molecule has 0 unspecified atom stereocenters. The SMILES string of the molecule is NC1=Nc2ccc(Oc3ccccc3)cc2CN1C(CC(=O)NCC1CCCCC1)CC(=O)NCC1CCCCC1. The number of guanidine groups is 1. The number of aliphatic imine (C=N–C) groups is 1. The summed E-state index contributed by atoms with van der Waals surface area (Å²) < 4.78 is 6.05. The smallest absolute Gasteiger partial charge is 0.222 e. The third-order valence-electron chi connectivity index (χ3n) is 8.81. The number of nitrogens with zero attached hydrogens (tertiary/aromatic N) is 2. The van der Waals surface area contributed by atoms with E-state index in [0.717, 1.165) is 17.0 Å². The van der Waals surface area contributed by atoms with Gasteiger partial charge in [0.1, 0.15) is 11.5 Å². The standard InChI is InChI=1S/C33H45N5O3/c34-33-37-30-17-16-29(41-28-14-8-3-9-15-28)18-26(30)23-38(33)27(19-31(39)35-21-24-10-4-1-5-11-24)20-32(40)36-22-25-12-6-2-7-13-25/h3,8-9,14-18,24-25,27H,1-2,4-7,10-13,19-23H2,(H2,34,37)(H,35,39)(H,36,40). The van der Waals surface area contributed by atoms with Crippen molar-refractivity contribution in [3.8, 4) is 11.5 Å². The number of fused-ring (bicyclic) bond motifs is 1. The van der Waals surface area contributed by atoms with Crippen LogP contribution in [-0.2, 0) is 16.1 Å². The average Bonchev–Trinajstić information content (AvgIpc) is 3.00. The average molecular weight is 560 g/mol. The van der Waals surface area contributed by atoms with E-state index in [-0.39, 0.29) is 24.7 Å². The van der Waals surface area contributed by atoms with Gasteiger partial charge in [0, 0.05) is 44.1 Å². The molecule has 0 atom stereocenters. The van der Waals surface area contributed by atoms with E-state index in [1.165, 1.54) is 64.2 Å². The molecule has 0 radical (unpaired) electrons. The third kappa shape index (κ3) is 8.47. The molecule has 41 heavy (non-hydrogen) atoms. The Labute approximate surface area is 244 Å². The Morgan fingerprint density at radius 2 is 1.41 bits per heavy atom. The molecule has 1 aliphatic heterocycles. The topological polar surface area (TPSA) is 109 Å². The summed E-state index contributed by atoms with van der Waals surface area (Å²) in [6.07, 6.45) is 12.6. The maximum atomic E-state index is 13.2. The van der Waals surface area contributed by atoms with Gasteiger partial charge in [-0.25, -0.2) is 4.99 Å². The Balaban J connectivity index is 1.26. The van der Waals surface area contributed by atoms with Crippen LogP contribution < -0.4 is 21.1 Å². The van der Waals surface area contributed by atoms with Crippen LogP contribution in [0, 0.1) is 11.8 Å². The van der Waals surface area contributed by atoms with E-state index in [1.807, 2.05) is 53.4 Å². The summed E-state index contributed by atoms with van der Waals surface area (Å²) in [6.45, 7) is 1.85. The summed E-state index contributed by atoms with van der Waals surface area (Å²) in [5.74, 6) is 2.80. The second-order valence-electron chi connectivity index (χ2n) is 12.0. The Hall–Kier alpha value is -3.55. The van der Waals surface area contributed by atoms with Crippen molar-refractivity contribution in [3.05, 3.63) is 54.1 Å². The summed E-state index contributed by atoms with van der Waals surface area (Å²) in [6, 6.07) is 15.0. The molecule has 3 aliphatic rings. The lowest BCUT2D eigenvalue weighted by molar-refractivity contribution is -0.124. The summed E-state index contributed by atoms with van der Waals surface area (Å²) in [5.41, 5.74) is 8.20. The first kappa shape index (κ1) is 29.0. The molecule has 0 spiro atoms. The number of nitrogens with one attached hydrogen (secondary N) is 2. The highest BCUT2D eigenvalue weighted by molar-refractivity contribution is 5.86. The Kier molecular flexibility index (Phi) is 10.2. The summed E-state index contributed by atoms with van der Waals surface area (Å²) in [7, 11) is 0. The monoisotopic (exact) mass is 559 g/mol. The number of benzene rings is 2. The molecule has 2 saturated carbocycles. The lowest BCUT2D eigenvalue weighted by atomic mass is 9.89. The largest absolute Gasteiger partial charge is 0.457 e. The quantitative estimate of drug-likeness (QED) is 0.323. The fourth-order valence-electron chi connectivity index (χ4n) is 6.42. The first-order valence-electron chi connectivity index (χ1n) is 15.5. The van der Waals surface area contributed by atoms with Gasteiger partial charge in [0.05, 0.1) is 5.69 Å². The number of rotatable bonds is 11. The number of para-hydroxylation sites is 1. The molecule has 8 heteroatoms. The van der Waals surface area contributed by atoms with E-state index in [2.05, 4.69) is 15.6 Å². The summed E-state index contributed by atoms with van der Waals surface area (Å²) in [5, 5.41) is 6.30. The molecular weight excluding hydrogens is 514 g/mol. The molecule has 2 fully saturated rings. The third-order valence-corrected chi connectivity index (χ3v) is 8.81. The van der Waals surface area contributed by atoms with Crippen LogP contribution in [-0.4, -0.2) is 41.8 Å². The van der Waals surface area contributed by atoms with Crippen molar-refractivity contribution in [2.45, 2.75) is 89.6 Å². The van der Waals surface area contributed by atoms with Crippen molar-refractivity contribution in [1.29, 1.82) is 0 Å². The molecule has 0 aromatic heterocycles. The zero-order valence-corrected chi connectivity index (χ0v) is 24.2. The highest BCUT2D eigenvalue weighted by Crippen LogP contribution is 2.33. The minimum absolute atomic E-state index is 0.0413. The predicted octanol–water partition coefficient (Wildman–Crippen LogP) is 5.78. The van der Waals surface area contributed by atoms with Gasteiger partial charge >= 0.3 is 0 Å². The van der Waals surface area contributed by atoms with Crippen molar-refractivity contribution in [3.63, 3.8) is 0 Å². The van der Waals surface area contributed by atoms with E-state index in [1.54, 1.807) is 0 Å². The molecule has 5 rings (SSSR count). The fourth-order valence-corrected chi connectivity index (χ4v) is 6.42. The van der Waals surface area contributed by atoms with Crippen molar-refractivity contribution < 1.29 is 14.3 Å². The number of hydrogen-bond acceptors (Lipinski definition) is 6. The molecule has 2 aromatic carbocycles. The molecule has 0 saturated heterocycles. The van der Waals surface area contributed by atoms with E-state index >= 15 is 0 Å². The van der Waals surface area contributed by atoms with E-state index in [4.69, 9.17) is 10.5 Å². The number of nitrogens with two attached hydrogens (primary N) is 1. The molecule has 4 N–H and O–H groups in total. The minimum Gasteiger partial charge on any atom is -0.457 e. The number of ether oxygens (including phenoxy) is 1. The van der Waals surface area contributed by atoms with E-state index < -0.39 is 6.04 Å². The van der Waals surface area contributed by atoms with Gasteiger partial charge in [-0.05, 0) is 67.9 Å². The molecule has 2 aliphatic carbocycles. The second-order valence-corrected chi connectivity index (χ2v) is 12.0. The first-order chi connectivity index (χ1) is 20.0. The Morgan fingerprint density at radius 1 is 0.829 bits per heavy atom. The number of carbonyl (C=O) groups is 2. The van der Waals surface area contributed by atoms with Crippen LogP contribution in [0.4, 0.5) is 5.69 Å². The van der Waals surface area contributed by atoms with Gasteiger partial charge in [0.25, 0.3) is 0 Å². The Bertz CT molecular complexity index is 1150. The van der Waals surface area contributed by atoms with Crippen LogP contribution in [0.25, 0.3) is 0 Å². The molecule has 8 nitrogen and oxygen atoms in total. The van der Waals surface area contributed by atoms with Crippen molar-refractivity contribution in [2.75, 3.05) is 13.1 Å². The zero-order valence-electron chi connectivity index (χ0n) is 24.2. The molecule has 1 heterocycles. The maximum Gasteiger partial charge on any atom is 0.222 e. The predicted molar refractivity (Wildman–Crippen MR) is 162 cm³/mol. The number of amides is 2. The lowest BCUT2D eigenvalue weighted by Gasteiger charge is -2.35. The molecule has 2 aromatic rings. The van der Waals surface area contributed by atoms with Crippen molar-refractivity contribution in [2.24, 2.45) is 22.6 Å². The van der Waals surface area contributed by atoms with Gasteiger partial charge in [0.2, 0.25) is 11.8 Å². The fraction of sp³-hybridized carbons (Fsp3) is 0.545. The van der Waals surface area contributed by atoms with E-state index in [9.17, 15) is 9.59 Å². The molecule has 2 amide bonds. The highest BCUT2D eigenvalue weighted by atomic mass is 16.5. The lowest BCUT2D eigenvalue weighted by Crippen LogP contribution is -2.49. The zero-order chi connectivity index (χ0) is 28.4. The molecular formula is C33H45N5O3. The van der Waals surface area contributed by atoms with Crippen LogP contribution >= 0.6 is 0 Å². The second kappa shape index (κ2) is 14.4. The van der Waals surface area contributed by atoms with Crippen LogP contribution in [0.2, 0.25) is 0 Å². The summed E-state index contributed by atoms with van der Waals surface area (Å²) >= 11 is 0. The van der Waals surface area contributed by atoms with Crippen LogP contribution in [0.1, 0.15) is 82.6 Å². The van der Waals surface area contributed by atoms with Gasteiger partial charge < -0.3 is 26.0 Å². The Morgan fingerprint density at radius 3 is 2.00 bits per heavy atom.